The molecule has 2 aliphatic rings. The van der Waals surface area contributed by atoms with Crippen LogP contribution in [0.3, 0.4) is 0 Å². The molecule has 0 amide bonds. The van der Waals surface area contributed by atoms with Gasteiger partial charge in [-0.15, -0.1) is 11.8 Å². The quantitative estimate of drug-likeness (QED) is 0.647. The summed E-state index contributed by atoms with van der Waals surface area (Å²) in [5.74, 6) is 1.25. The van der Waals surface area contributed by atoms with Gasteiger partial charge in [0.15, 0.2) is 0 Å². The lowest BCUT2D eigenvalue weighted by atomic mass is 9.98. The Labute approximate surface area is 84.8 Å². The van der Waals surface area contributed by atoms with Crippen molar-refractivity contribution in [3.05, 3.63) is 0 Å². The molecule has 0 bridgehead atoms. The average Bonchev–Trinajstić information content (AvgIpc) is 2.28. The van der Waals surface area contributed by atoms with Crippen LogP contribution in [0.2, 0.25) is 0 Å². The van der Waals surface area contributed by atoms with Crippen molar-refractivity contribution in [3.63, 3.8) is 0 Å². The fraction of sp³-hybridized carbons (Fsp3) is 1.00. The Balaban J connectivity index is 2.05. The van der Waals surface area contributed by atoms with Crippen LogP contribution in [0.1, 0.15) is 33.6 Å². The minimum absolute atomic E-state index is 0.330. The van der Waals surface area contributed by atoms with Crippen molar-refractivity contribution in [1.82, 2.24) is 5.32 Å². The zero-order valence-electron chi connectivity index (χ0n) is 8.67. The maximum atomic E-state index is 5.75. The highest BCUT2D eigenvalue weighted by molar-refractivity contribution is 8.00. The SMILES string of the molecule is CC1CSC2(CC(C)OC(C)C2)N1. The molecule has 2 aliphatic heterocycles. The Morgan fingerprint density at radius 2 is 1.85 bits per heavy atom. The molecule has 13 heavy (non-hydrogen) atoms. The lowest BCUT2D eigenvalue weighted by Gasteiger charge is -2.40. The summed E-state index contributed by atoms with van der Waals surface area (Å²) in [5, 5.41) is 3.71. The second-order valence-corrected chi connectivity index (χ2v) is 5.92. The van der Waals surface area contributed by atoms with E-state index < -0.39 is 0 Å². The third-order valence-electron chi connectivity index (χ3n) is 2.82. The molecule has 0 aromatic rings. The van der Waals surface area contributed by atoms with E-state index in [0.29, 0.717) is 23.1 Å². The largest absolute Gasteiger partial charge is 0.375 e. The Bertz CT molecular complexity index is 187. The first kappa shape index (κ1) is 9.81. The molecular weight excluding hydrogens is 182 g/mol. The van der Waals surface area contributed by atoms with Crippen LogP contribution < -0.4 is 5.32 Å². The molecule has 2 nitrogen and oxygen atoms in total. The van der Waals surface area contributed by atoms with Crippen LogP contribution in [-0.2, 0) is 4.74 Å². The van der Waals surface area contributed by atoms with E-state index in [1.807, 2.05) is 0 Å². The lowest BCUT2D eigenvalue weighted by Crippen LogP contribution is -2.49. The van der Waals surface area contributed by atoms with Gasteiger partial charge in [-0.25, -0.2) is 0 Å². The molecule has 2 heterocycles. The predicted molar refractivity (Wildman–Crippen MR) is 57.0 cm³/mol. The lowest BCUT2D eigenvalue weighted by molar-refractivity contribution is -0.0484. The molecule has 2 saturated heterocycles. The van der Waals surface area contributed by atoms with Gasteiger partial charge in [0.25, 0.3) is 0 Å². The van der Waals surface area contributed by atoms with Crippen LogP contribution in [0.15, 0.2) is 0 Å². The molecule has 0 radical (unpaired) electrons. The Hall–Kier alpha value is 0.270. The molecule has 0 aliphatic carbocycles. The van der Waals surface area contributed by atoms with E-state index in [2.05, 4.69) is 37.8 Å². The van der Waals surface area contributed by atoms with Crippen LogP contribution in [-0.4, -0.2) is 28.9 Å². The molecule has 1 spiro atoms. The number of hydrogen-bond donors (Lipinski definition) is 1. The molecule has 2 fully saturated rings. The number of rotatable bonds is 0. The standard InChI is InChI=1S/C10H19NOS/c1-7-6-13-10(11-7)4-8(2)12-9(3)5-10/h7-9,11H,4-6H2,1-3H3. The monoisotopic (exact) mass is 201 g/mol. The number of ether oxygens (including phenoxy) is 1. The molecule has 0 aromatic heterocycles. The van der Waals surface area contributed by atoms with Gasteiger partial charge in [0, 0.05) is 24.6 Å². The van der Waals surface area contributed by atoms with Crippen LogP contribution in [0, 0.1) is 0 Å². The van der Waals surface area contributed by atoms with E-state index >= 15 is 0 Å². The van der Waals surface area contributed by atoms with Gasteiger partial charge in [0.1, 0.15) is 0 Å². The summed E-state index contributed by atoms with van der Waals surface area (Å²) in [7, 11) is 0. The highest BCUT2D eigenvalue weighted by atomic mass is 32.2. The third kappa shape index (κ3) is 2.03. The van der Waals surface area contributed by atoms with Crippen molar-refractivity contribution in [2.24, 2.45) is 0 Å². The summed E-state index contributed by atoms with van der Waals surface area (Å²) in [6, 6.07) is 0.669. The normalized spacial score (nSPS) is 51.5. The van der Waals surface area contributed by atoms with Gasteiger partial charge in [-0.3, -0.25) is 5.32 Å². The molecule has 3 heteroatoms. The van der Waals surface area contributed by atoms with E-state index in [4.69, 9.17) is 4.74 Å². The van der Waals surface area contributed by atoms with Crippen molar-refractivity contribution < 1.29 is 4.74 Å². The first-order chi connectivity index (χ1) is 6.10. The molecular formula is C10H19NOS. The number of nitrogens with one attached hydrogen (secondary N) is 1. The maximum Gasteiger partial charge on any atom is 0.0697 e. The van der Waals surface area contributed by atoms with Crippen molar-refractivity contribution in [2.45, 2.75) is 56.7 Å². The maximum absolute atomic E-state index is 5.75. The minimum Gasteiger partial charge on any atom is -0.375 e. The van der Waals surface area contributed by atoms with Gasteiger partial charge in [-0.1, -0.05) is 0 Å². The van der Waals surface area contributed by atoms with Gasteiger partial charge in [0.05, 0.1) is 17.1 Å². The zero-order valence-corrected chi connectivity index (χ0v) is 9.49. The summed E-state index contributed by atoms with van der Waals surface area (Å²) in [6.07, 6.45) is 3.14. The topological polar surface area (TPSA) is 21.3 Å². The molecule has 2 rings (SSSR count). The van der Waals surface area contributed by atoms with Gasteiger partial charge < -0.3 is 4.74 Å². The fourth-order valence-corrected chi connectivity index (χ4v) is 4.20. The van der Waals surface area contributed by atoms with Gasteiger partial charge in [0.2, 0.25) is 0 Å². The Morgan fingerprint density at radius 1 is 1.23 bits per heavy atom. The molecule has 1 N–H and O–H groups in total. The van der Waals surface area contributed by atoms with Crippen LogP contribution in [0.5, 0.6) is 0 Å². The summed E-state index contributed by atoms with van der Waals surface area (Å²) in [4.78, 5) is 0.330. The molecule has 3 unspecified atom stereocenters. The first-order valence-corrected chi connectivity index (χ1v) is 6.15. The van der Waals surface area contributed by atoms with E-state index in [9.17, 15) is 0 Å². The second kappa shape index (κ2) is 3.44. The van der Waals surface area contributed by atoms with E-state index in [-0.39, 0.29) is 0 Å². The number of hydrogen-bond acceptors (Lipinski definition) is 3. The number of thioether (sulfide) groups is 1. The summed E-state index contributed by atoms with van der Waals surface area (Å²) in [6.45, 7) is 6.64. The van der Waals surface area contributed by atoms with Gasteiger partial charge in [-0.05, 0) is 20.8 Å². The Kier molecular flexibility index (Phi) is 2.60. The fourth-order valence-electron chi connectivity index (χ4n) is 2.56. The molecule has 76 valence electrons. The summed E-state index contributed by atoms with van der Waals surface area (Å²) >= 11 is 2.09. The van der Waals surface area contributed by atoms with Crippen molar-refractivity contribution in [3.8, 4) is 0 Å². The summed E-state index contributed by atoms with van der Waals surface area (Å²) in [5.41, 5.74) is 0. The predicted octanol–water partition coefficient (Wildman–Crippen LogP) is 1.99. The zero-order chi connectivity index (χ0) is 9.47. The average molecular weight is 201 g/mol. The van der Waals surface area contributed by atoms with Crippen LogP contribution in [0.25, 0.3) is 0 Å². The van der Waals surface area contributed by atoms with Crippen molar-refractivity contribution >= 4 is 11.8 Å². The van der Waals surface area contributed by atoms with Crippen molar-refractivity contribution in [1.29, 1.82) is 0 Å². The van der Waals surface area contributed by atoms with E-state index in [1.165, 1.54) is 5.75 Å². The first-order valence-electron chi connectivity index (χ1n) is 5.17. The van der Waals surface area contributed by atoms with E-state index in [0.717, 1.165) is 12.8 Å². The van der Waals surface area contributed by atoms with Crippen molar-refractivity contribution in [2.75, 3.05) is 5.75 Å². The van der Waals surface area contributed by atoms with Gasteiger partial charge >= 0.3 is 0 Å². The Morgan fingerprint density at radius 3 is 2.31 bits per heavy atom. The smallest absolute Gasteiger partial charge is 0.0697 e. The highest BCUT2D eigenvalue weighted by Crippen LogP contribution is 2.42. The molecule has 0 aromatic carbocycles. The summed E-state index contributed by atoms with van der Waals surface area (Å²) < 4.78 is 5.75. The van der Waals surface area contributed by atoms with Crippen LogP contribution in [0.4, 0.5) is 0 Å². The molecule has 3 atom stereocenters. The molecule has 0 saturated carbocycles. The second-order valence-electron chi connectivity index (χ2n) is 4.52. The van der Waals surface area contributed by atoms with Gasteiger partial charge in [-0.2, -0.15) is 0 Å². The minimum atomic E-state index is 0.330. The third-order valence-corrected chi connectivity index (χ3v) is 4.49. The highest BCUT2D eigenvalue weighted by Gasteiger charge is 2.43. The van der Waals surface area contributed by atoms with Crippen LogP contribution >= 0.6 is 11.8 Å². The van der Waals surface area contributed by atoms with E-state index in [1.54, 1.807) is 0 Å².